The van der Waals surface area contributed by atoms with Crippen LogP contribution in [0.1, 0.15) is 52.0 Å². The minimum absolute atomic E-state index is 0.316. The highest BCUT2D eigenvalue weighted by Crippen LogP contribution is 2.49. The average Bonchev–Trinajstić information content (AvgIpc) is 2.49. The molecule has 1 saturated carbocycles. The minimum Gasteiger partial charge on any atom is -0.373 e. The molecule has 0 amide bonds. The van der Waals surface area contributed by atoms with E-state index in [9.17, 15) is 0 Å². The van der Waals surface area contributed by atoms with Crippen LogP contribution in [-0.4, -0.2) is 18.7 Å². The first-order valence-corrected chi connectivity index (χ1v) is 9.05. The second-order valence-corrected chi connectivity index (χ2v) is 6.93. The molecule has 1 N–H and O–H groups in total. The molecule has 0 saturated heterocycles. The van der Waals surface area contributed by atoms with E-state index in [1.54, 1.807) is 0 Å². The van der Waals surface area contributed by atoms with Crippen molar-refractivity contribution >= 4 is 15.9 Å². The summed E-state index contributed by atoms with van der Waals surface area (Å²) in [6.45, 7) is 8.65. The van der Waals surface area contributed by atoms with E-state index in [0.717, 1.165) is 17.4 Å². The Morgan fingerprint density at radius 1 is 1.24 bits per heavy atom. The SMILES string of the molecule is CCCNC1CC(OCc2ccccc2Br)C1(CC)CC. The van der Waals surface area contributed by atoms with Crippen LogP contribution < -0.4 is 5.32 Å². The van der Waals surface area contributed by atoms with E-state index in [4.69, 9.17) is 4.74 Å². The average molecular weight is 354 g/mol. The van der Waals surface area contributed by atoms with Gasteiger partial charge in [0.05, 0.1) is 12.7 Å². The van der Waals surface area contributed by atoms with Crippen molar-refractivity contribution in [2.24, 2.45) is 5.41 Å². The van der Waals surface area contributed by atoms with Gasteiger partial charge in [0.25, 0.3) is 0 Å². The molecule has 21 heavy (non-hydrogen) atoms. The summed E-state index contributed by atoms with van der Waals surface area (Å²) in [5.74, 6) is 0. The number of rotatable bonds is 8. The normalized spacial score (nSPS) is 23.8. The van der Waals surface area contributed by atoms with Crippen LogP contribution in [0.5, 0.6) is 0 Å². The predicted molar refractivity (Wildman–Crippen MR) is 92.4 cm³/mol. The van der Waals surface area contributed by atoms with Crippen LogP contribution in [0.3, 0.4) is 0 Å². The van der Waals surface area contributed by atoms with Crippen molar-refractivity contribution in [2.75, 3.05) is 6.54 Å². The second-order valence-electron chi connectivity index (χ2n) is 6.07. The summed E-state index contributed by atoms with van der Waals surface area (Å²) in [5, 5.41) is 3.71. The van der Waals surface area contributed by atoms with E-state index in [-0.39, 0.29) is 0 Å². The Morgan fingerprint density at radius 2 is 1.95 bits per heavy atom. The molecule has 1 aliphatic carbocycles. The van der Waals surface area contributed by atoms with Gasteiger partial charge in [-0.05, 0) is 43.9 Å². The zero-order chi connectivity index (χ0) is 15.3. The Kier molecular flexibility index (Phi) is 6.27. The molecule has 0 aromatic heterocycles. The van der Waals surface area contributed by atoms with Gasteiger partial charge in [0.2, 0.25) is 0 Å². The van der Waals surface area contributed by atoms with Crippen molar-refractivity contribution in [3.8, 4) is 0 Å². The van der Waals surface area contributed by atoms with Gasteiger partial charge in [-0.25, -0.2) is 0 Å². The zero-order valence-electron chi connectivity index (χ0n) is 13.5. The van der Waals surface area contributed by atoms with E-state index < -0.39 is 0 Å². The topological polar surface area (TPSA) is 21.3 Å². The first-order valence-electron chi connectivity index (χ1n) is 8.26. The number of ether oxygens (including phenoxy) is 1. The largest absolute Gasteiger partial charge is 0.373 e. The Labute approximate surface area is 137 Å². The molecule has 2 nitrogen and oxygen atoms in total. The van der Waals surface area contributed by atoms with Crippen LogP contribution in [0.2, 0.25) is 0 Å². The molecular formula is C18H28BrNO. The maximum Gasteiger partial charge on any atom is 0.0731 e. The van der Waals surface area contributed by atoms with Crippen LogP contribution in [0, 0.1) is 5.41 Å². The smallest absolute Gasteiger partial charge is 0.0731 e. The molecular weight excluding hydrogens is 326 g/mol. The summed E-state index contributed by atoms with van der Waals surface area (Å²) in [4.78, 5) is 0. The van der Waals surface area contributed by atoms with E-state index in [2.05, 4.69) is 60.2 Å². The van der Waals surface area contributed by atoms with Gasteiger partial charge < -0.3 is 10.1 Å². The van der Waals surface area contributed by atoms with Crippen molar-refractivity contribution < 1.29 is 4.74 Å². The molecule has 1 aromatic carbocycles. The molecule has 1 fully saturated rings. The van der Waals surface area contributed by atoms with E-state index in [1.165, 1.54) is 24.8 Å². The lowest BCUT2D eigenvalue weighted by atomic mass is 9.58. The fourth-order valence-corrected chi connectivity index (χ4v) is 3.99. The summed E-state index contributed by atoms with van der Waals surface area (Å²) in [5.41, 5.74) is 1.56. The molecule has 1 aromatic rings. The van der Waals surface area contributed by atoms with E-state index in [0.29, 0.717) is 24.2 Å². The van der Waals surface area contributed by atoms with Crippen molar-refractivity contribution in [1.29, 1.82) is 0 Å². The quantitative estimate of drug-likeness (QED) is 0.716. The molecule has 2 unspecified atom stereocenters. The zero-order valence-corrected chi connectivity index (χ0v) is 15.1. The summed E-state index contributed by atoms with van der Waals surface area (Å²) in [7, 11) is 0. The minimum atomic E-state index is 0.316. The van der Waals surface area contributed by atoms with E-state index >= 15 is 0 Å². The highest BCUT2D eigenvalue weighted by Gasteiger charge is 2.52. The number of benzene rings is 1. The van der Waals surface area contributed by atoms with Crippen molar-refractivity contribution in [3.63, 3.8) is 0 Å². The maximum atomic E-state index is 6.28. The summed E-state index contributed by atoms with van der Waals surface area (Å²) >= 11 is 3.60. The van der Waals surface area contributed by atoms with E-state index in [1.807, 2.05) is 6.07 Å². The van der Waals surface area contributed by atoms with Gasteiger partial charge >= 0.3 is 0 Å². The van der Waals surface area contributed by atoms with Gasteiger partial charge in [-0.3, -0.25) is 0 Å². The molecule has 2 atom stereocenters. The summed E-state index contributed by atoms with van der Waals surface area (Å²) < 4.78 is 7.43. The monoisotopic (exact) mass is 353 g/mol. The lowest BCUT2D eigenvalue weighted by Crippen LogP contribution is -2.63. The van der Waals surface area contributed by atoms with Crippen molar-refractivity contribution in [1.82, 2.24) is 5.32 Å². The summed E-state index contributed by atoms with van der Waals surface area (Å²) in [6, 6.07) is 8.96. The first-order chi connectivity index (χ1) is 10.2. The van der Waals surface area contributed by atoms with Crippen molar-refractivity contribution in [2.45, 2.75) is 65.2 Å². The van der Waals surface area contributed by atoms with Gasteiger partial charge in [-0.1, -0.05) is 54.9 Å². The maximum absolute atomic E-state index is 6.28. The Hall–Kier alpha value is -0.380. The number of hydrogen-bond donors (Lipinski definition) is 1. The third kappa shape index (κ3) is 3.52. The highest BCUT2D eigenvalue weighted by molar-refractivity contribution is 9.10. The lowest BCUT2D eigenvalue weighted by Gasteiger charge is -2.55. The van der Waals surface area contributed by atoms with Gasteiger partial charge in [-0.15, -0.1) is 0 Å². The van der Waals surface area contributed by atoms with Crippen LogP contribution in [-0.2, 0) is 11.3 Å². The summed E-state index contributed by atoms with van der Waals surface area (Å²) in [6.07, 6.45) is 5.10. The van der Waals surface area contributed by atoms with Gasteiger partial charge in [0.1, 0.15) is 0 Å². The molecule has 118 valence electrons. The molecule has 0 aliphatic heterocycles. The second kappa shape index (κ2) is 7.75. The molecule has 2 rings (SSSR count). The molecule has 0 bridgehead atoms. The Bertz CT molecular complexity index is 445. The fraction of sp³-hybridized carbons (Fsp3) is 0.667. The molecule has 0 radical (unpaired) electrons. The van der Waals surface area contributed by atoms with Gasteiger partial charge in [0, 0.05) is 15.9 Å². The van der Waals surface area contributed by atoms with Crippen LogP contribution >= 0.6 is 15.9 Å². The van der Waals surface area contributed by atoms with Crippen LogP contribution in [0.4, 0.5) is 0 Å². The number of halogens is 1. The highest BCUT2D eigenvalue weighted by atomic mass is 79.9. The molecule has 1 aliphatic rings. The van der Waals surface area contributed by atoms with Gasteiger partial charge in [-0.2, -0.15) is 0 Å². The van der Waals surface area contributed by atoms with Gasteiger partial charge in [0.15, 0.2) is 0 Å². The molecule has 0 heterocycles. The Balaban J connectivity index is 1.96. The first kappa shape index (κ1) is 17.0. The Morgan fingerprint density at radius 3 is 2.57 bits per heavy atom. The fourth-order valence-electron chi connectivity index (χ4n) is 3.59. The lowest BCUT2D eigenvalue weighted by molar-refractivity contribution is -0.147. The standard InChI is InChI=1S/C18H28BrNO/c1-4-11-20-16-12-17(18(16,5-2)6-3)21-13-14-9-7-8-10-15(14)19/h7-10,16-17,20H,4-6,11-13H2,1-3H3. The molecule has 0 spiro atoms. The third-order valence-corrected chi connectivity index (χ3v) is 5.91. The van der Waals surface area contributed by atoms with Crippen LogP contribution in [0.25, 0.3) is 0 Å². The van der Waals surface area contributed by atoms with Crippen LogP contribution in [0.15, 0.2) is 28.7 Å². The predicted octanol–water partition coefficient (Wildman–Crippen LogP) is 4.91. The third-order valence-electron chi connectivity index (χ3n) is 5.14. The molecule has 3 heteroatoms. The van der Waals surface area contributed by atoms with Crippen molar-refractivity contribution in [3.05, 3.63) is 34.3 Å². The number of nitrogens with one attached hydrogen (secondary N) is 1. The number of hydrogen-bond acceptors (Lipinski definition) is 2.